The van der Waals surface area contributed by atoms with E-state index >= 15 is 0 Å². The number of carboxylic acid groups (broad SMARTS) is 2. The van der Waals surface area contributed by atoms with E-state index in [4.69, 9.17) is 15.9 Å². The number of aliphatic carboxylic acids is 2. The molecule has 0 saturated heterocycles. The number of carbonyl (C=O) groups excluding carboxylic acids is 2. The van der Waals surface area contributed by atoms with Crippen molar-refractivity contribution in [1.29, 1.82) is 0 Å². The smallest absolute Gasteiger partial charge is 0.326 e. The first-order valence-electron chi connectivity index (χ1n) is 6.98. The van der Waals surface area contributed by atoms with Gasteiger partial charge in [-0.15, -0.1) is 0 Å². The van der Waals surface area contributed by atoms with E-state index in [1.165, 1.54) is 18.7 Å². The molecular formula is C13H23N3O6S. The van der Waals surface area contributed by atoms with Crippen molar-refractivity contribution in [2.24, 2.45) is 5.73 Å². The van der Waals surface area contributed by atoms with Gasteiger partial charge in [-0.1, -0.05) is 0 Å². The monoisotopic (exact) mass is 349 g/mol. The third-order valence-electron chi connectivity index (χ3n) is 2.92. The van der Waals surface area contributed by atoms with E-state index in [9.17, 15) is 19.2 Å². The molecule has 0 radical (unpaired) electrons. The van der Waals surface area contributed by atoms with Gasteiger partial charge in [0.1, 0.15) is 12.1 Å². The molecule has 0 bridgehead atoms. The van der Waals surface area contributed by atoms with Crippen LogP contribution in [0.25, 0.3) is 0 Å². The predicted molar refractivity (Wildman–Crippen MR) is 85.0 cm³/mol. The zero-order valence-electron chi connectivity index (χ0n) is 13.1. The van der Waals surface area contributed by atoms with Crippen LogP contribution in [-0.2, 0) is 19.2 Å². The Morgan fingerprint density at radius 1 is 1.04 bits per heavy atom. The molecular weight excluding hydrogens is 326 g/mol. The molecule has 6 N–H and O–H groups in total. The number of hydrogen-bond acceptors (Lipinski definition) is 6. The first-order chi connectivity index (χ1) is 10.7. The van der Waals surface area contributed by atoms with Gasteiger partial charge in [-0.2, -0.15) is 11.8 Å². The highest BCUT2D eigenvalue weighted by Gasteiger charge is 2.27. The normalized spacial score (nSPS) is 14.4. The average molecular weight is 349 g/mol. The summed E-state index contributed by atoms with van der Waals surface area (Å²) in [7, 11) is 0. The number of carboxylic acids is 2. The second-order valence-corrected chi connectivity index (χ2v) is 5.95. The fraction of sp³-hybridized carbons (Fsp3) is 0.692. The van der Waals surface area contributed by atoms with Gasteiger partial charge < -0.3 is 26.6 Å². The Morgan fingerprint density at radius 3 is 2.04 bits per heavy atom. The summed E-state index contributed by atoms with van der Waals surface area (Å²) in [6.07, 6.45) is 1.52. The van der Waals surface area contributed by atoms with E-state index in [0.717, 1.165) is 0 Å². The Hall–Kier alpha value is -1.81. The van der Waals surface area contributed by atoms with Crippen LogP contribution in [0.3, 0.4) is 0 Å². The van der Waals surface area contributed by atoms with Gasteiger partial charge in [0.05, 0.1) is 6.04 Å². The summed E-state index contributed by atoms with van der Waals surface area (Å²) in [6.45, 7) is 1.42. The number of nitrogens with two attached hydrogens (primary N) is 1. The summed E-state index contributed by atoms with van der Waals surface area (Å²) >= 11 is 1.43. The second kappa shape index (κ2) is 10.8. The fourth-order valence-electron chi connectivity index (χ4n) is 1.61. The molecule has 0 aliphatic rings. The molecule has 0 fully saturated rings. The van der Waals surface area contributed by atoms with Gasteiger partial charge in [-0.25, -0.2) is 4.79 Å². The molecule has 0 spiro atoms. The summed E-state index contributed by atoms with van der Waals surface area (Å²) in [5.41, 5.74) is 5.40. The molecule has 0 heterocycles. The van der Waals surface area contributed by atoms with E-state index in [-0.39, 0.29) is 19.3 Å². The van der Waals surface area contributed by atoms with Crippen molar-refractivity contribution in [3.63, 3.8) is 0 Å². The van der Waals surface area contributed by atoms with Crippen molar-refractivity contribution in [3.8, 4) is 0 Å². The standard InChI is InChI=1S/C13H23N3O6S/c1-7(14)11(19)15-8(3-4-10(17)18)12(20)16-9(13(21)22)5-6-23-2/h7-9H,3-6,14H2,1-2H3,(H,15,19)(H,16,20)(H,17,18)(H,21,22)/t7-,8-,9-/m0/s1. The molecule has 0 rings (SSSR count). The number of thioether (sulfide) groups is 1. The summed E-state index contributed by atoms with van der Waals surface area (Å²) in [5, 5.41) is 22.5. The van der Waals surface area contributed by atoms with Crippen LogP contribution in [0.4, 0.5) is 0 Å². The van der Waals surface area contributed by atoms with Crippen molar-refractivity contribution in [3.05, 3.63) is 0 Å². The average Bonchev–Trinajstić information content (AvgIpc) is 2.46. The van der Waals surface area contributed by atoms with E-state index in [0.29, 0.717) is 5.75 Å². The Morgan fingerprint density at radius 2 is 1.61 bits per heavy atom. The molecule has 0 aromatic carbocycles. The van der Waals surface area contributed by atoms with Gasteiger partial charge in [0.15, 0.2) is 0 Å². The molecule has 132 valence electrons. The Bertz CT molecular complexity index is 443. The molecule has 3 atom stereocenters. The molecule has 23 heavy (non-hydrogen) atoms. The highest BCUT2D eigenvalue weighted by Crippen LogP contribution is 2.04. The third kappa shape index (κ3) is 9.04. The fourth-order valence-corrected chi connectivity index (χ4v) is 2.08. The Labute approximate surface area is 138 Å². The lowest BCUT2D eigenvalue weighted by Gasteiger charge is -2.21. The number of amides is 2. The zero-order chi connectivity index (χ0) is 18.0. The molecule has 0 aromatic rings. The minimum absolute atomic E-state index is 0.158. The van der Waals surface area contributed by atoms with Crippen LogP contribution in [0.5, 0.6) is 0 Å². The maximum atomic E-state index is 12.2. The lowest BCUT2D eigenvalue weighted by Crippen LogP contribution is -2.54. The zero-order valence-corrected chi connectivity index (χ0v) is 13.9. The van der Waals surface area contributed by atoms with Crippen LogP contribution in [0.15, 0.2) is 0 Å². The van der Waals surface area contributed by atoms with Crippen molar-refractivity contribution in [2.75, 3.05) is 12.0 Å². The van der Waals surface area contributed by atoms with Crippen molar-refractivity contribution >= 4 is 35.5 Å². The highest BCUT2D eigenvalue weighted by atomic mass is 32.2. The summed E-state index contributed by atoms with van der Waals surface area (Å²) in [4.78, 5) is 45.6. The minimum Gasteiger partial charge on any atom is -0.481 e. The SMILES string of the molecule is CSCC[C@H](NC(=O)[C@H](CCC(=O)O)NC(=O)[C@H](C)N)C(=O)O. The lowest BCUT2D eigenvalue weighted by molar-refractivity contribution is -0.143. The van der Waals surface area contributed by atoms with E-state index in [1.807, 2.05) is 0 Å². The quantitative estimate of drug-likeness (QED) is 0.318. The topological polar surface area (TPSA) is 159 Å². The van der Waals surface area contributed by atoms with Crippen LogP contribution in [0.1, 0.15) is 26.2 Å². The van der Waals surface area contributed by atoms with Crippen LogP contribution >= 0.6 is 11.8 Å². The van der Waals surface area contributed by atoms with Crippen LogP contribution < -0.4 is 16.4 Å². The first-order valence-corrected chi connectivity index (χ1v) is 8.38. The lowest BCUT2D eigenvalue weighted by atomic mass is 10.1. The van der Waals surface area contributed by atoms with Crippen molar-refractivity contribution < 1.29 is 29.4 Å². The van der Waals surface area contributed by atoms with Gasteiger partial charge in [-0.05, 0) is 31.8 Å². The van der Waals surface area contributed by atoms with Gasteiger partial charge in [0.25, 0.3) is 0 Å². The highest BCUT2D eigenvalue weighted by molar-refractivity contribution is 7.98. The van der Waals surface area contributed by atoms with Crippen molar-refractivity contribution in [1.82, 2.24) is 10.6 Å². The van der Waals surface area contributed by atoms with Gasteiger partial charge in [0, 0.05) is 6.42 Å². The number of nitrogens with one attached hydrogen (secondary N) is 2. The summed E-state index contributed by atoms with van der Waals surface area (Å²) < 4.78 is 0. The molecule has 2 amide bonds. The largest absolute Gasteiger partial charge is 0.481 e. The molecule has 9 nitrogen and oxygen atoms in total. The Balaban J connectivity index is 4.89. The summed E-state index contributed by atoms with van der Waals surface area (Å²) in [6, 6.07) is -3.13. The van der Waals surface area contributed by atoms with Gasteiger partial charge in [-0.3, -0.25) is 14.4 Å². The first kappa shape index (κ1) is 21.2. The van der Waals surface area contributed by atoms with Gasteiger partial charge in [0.2, 0.25) is 11.8 Å². The molecule has 0 aliphatic heterocycles. The molecule has 0 aromatic heterocycles. The third-order valence-corrected chi connectivity index (χ3v) is 3.56. The summed E-state index contributed by atoms with van der Waals surface area (Å²) in [5.74, 6) is -3.15. The van der Waals surface area contributed by atoms with E-state index in [2.05, 4.69) is 10.6 Å². The van der Waals surface area contributed by atoms with Gasteiger partial charge >= 0.3 is 11.9 Å². The number of hydrogen-bond donors (Lipinski definition) is 5. The number of carbonyl (C=O) groups is 4. The molecule has 0 saturated carbocycles. The number of rotatable bonds is 11. The van der Waals surface area contributed by atoms with E-state index in [1.54, 1.807) is 6.26 Å². The maximum Gasteiger partial charge on any atom is 0.326 e. The second-order valence-electron chi connectivity index (χ2n) is 4.96. The minimum atomic E-state index is -1.19. The maximum absolute atomic E-state index is 12.2. The van der Waals surface area contributed by atoms with E-state index < -0.39 is 41.9 Å². The van der Waals surface area contributed by atoms with Crippen LogP contribution in [0, 0.1) is 0 Å². The molecule has 10 heteroatoms. The predicted octanol–water partition coefficient (Wildman–Crippen LogP) is -0.994. The van der Waals surface area contributed by atoms with Crippen LogP contribution in [-0.4, -0.2) is 64.1 Å². The molecule has 0 aliphatic carbocycles. The molecule has 0 unspecified atom stereocenters. The van der Waals surface area contributed by atoms with Crippen molar-refractivity contribution in [2.45, 2.75) is 44.3 Å². The van der Waals surface area contributed by atoms with Crippen LogP contribution in [0.2, 0.25) is 0 Å². The Kier molecular flexibility index (Phi) is 9.99.